The lowest BCUT2D eigenvalue weighted by Gasteiger charge is -2.22. The maximum Gasteiger partial charge on any atom is 0.0717 e. The molecule has 166 valence electrons. The van der Waals surface area contributed by atoms with Crippen LogP contribution in [0.25, 0.3) is 43.4 Å². The number of fused-ring (bicyclic) bond motifs is 2. The minimum absolute atomic E-state index is 0.0483. The molecule has 3 aromatic heterocycles. The highest BCUT2D eigenvalue weighted by Crippen LogP contribution is 2.36. The Morgan fingerprint density at radius 3 is 2.42 bits per heavy atom. The Morgan fingerprint density at radius 2 is 1.64 bits per heavy atom. The number of benzene rings is 2. The van der Waals surface area contributed by atoms with Crippen molar-refractivity contribution in [2.24, 2.45) is 5.92 Å². The topological polar surface area (TPSA) is 25.8 Å². The lowest BCUT2D eigenvalue weighted by atomic mass is 9.82. The molecule has 0 atom stereocenters. The van der Waals surface area contributed by atoms with Crippen molar-refractivity contribution in [1.29, 1.82) is 0 Å². The average Bonchev–Trinajstić information content (AvgIpc) is 3.19. The average molecular weight is 451 g/mol. The van der Waals surface area contributed by atoms with Crippen molar-refractivity contribution < 1.29 is 0 Å². The lowest BCUT2D eigenvalue weighted by Crippen LogP contribution is -2.12. The van der Waals surface area contributed by atoms with E-state index in [0.29, 0.717) is 5.92 Å². The first-order valence-electron chi connectivity index (χ1n) is 11.7. The summed E-state index contributed by atoms with van der Waals surface area (Å²) in [6, 6.07) is 19.7. The zero-order valence-electron chi connectivity index (χ0n) is 20.0. The Balaban J connectivity index is 1.58. The molecule has 0 N–H and O–H groups in total. The highest BCUT2D eigenvalue weighted by Gasteiger charge is 2.19. The molecule has 0 bridgehead atoms. The van der Waals surface area contributed by atoms with Gasteiger partial charge in [0.1, 0.15) is 0 Å². The van der Waals surface area contributed by atoms with Crippen LogP contribution in [0.5, 0.6) is 0 Å². The summed E-state index contributed by atoms with van der Waals surface area (Å²) < 4.78 is 1.30. The van der Waals surface area contributed by atoms with Gasteiger partial charge in [-0.25, -0.2) is 0 Å². The third-order valence-corrected chi connectivity index (χ3v) is 7.18. The van der Waals surface area contributed by atoms with Gasteiger partial charge in [0, 0.05) is 33.6 Å². The Kier molecular flexibility index (Phi) is 5.54. The van der Waals surface area contributed by atoms with E-state index in [2.05, 4.69) is 94.6 Å². The molecule has 0 radical (unpaired) electrons. The van der Waals surface area contributed by atoms with Crippen LogP contribution in [0.2, 0.25) is 0 Å². The molecular formula is C30H30N2S. The largest absolute Gasteiger partial charge is 0.256 e. The Morgan fingerprint density at radius 1 is 0.848 bits per heavy atom. The van der Waals surface area contributed by atoms with Crippen LogP contribution in [0.1, 0.15) is 45.7 Å². The standard InChI is InChI=1S/C30H30N2S/c1-19(2)12-23-18-33-29-16-28(32-17-25(23)29)21-10-11-31-27(15-21)22-13-20-8-6-7-9-24(20)26(14-22)30(3,4)5/h6-11,13-19H,12H2,1-5H3. The first kappa shape index (κ1) is 21.8. The van der Waals surface area contributed by atoms with Gasteiger partial charge < -0.3 is 0 Å². The van der Waals surface area contributed by atoms with Crippen LogP contribution in [-0.4, -0.2) is 9.97 Å². The first-order chi connectivity index (χ1) is 15.8. The monoisotopic (exact) mass is 450 g/mol. The number of hydrogen-bond donors (Lipinski definition) is 0. The van der Waals surface area contributed by atoms with Gasteiger partial charge >= 0.3 is 0 Å². The molecule has 3 heterocycles. The summed E-state index contributed by atoms with van der Waals surface area (Å²) >= 11 is 1.82. The fraction of sp³-hybridized carbons (Fsp3) is 0.267. The Bertz CT molecular complexity index is 1450. The fourth-order valence-corrected chi connectivity index (χ4v) is 5.54. The molecule has 0 aliphatic rings. The minimum atomic E-state index is 0.0483. The lowest BCUT2D eigenvalue weighted by molar-refractivity contribution is 0.596. The zero-order valence-corrected chi connectivity index (χ0v) is 20.8. The van der Waals surface area contributed by atoms with Gasteiger partial charge in [-0.05, 0) is 75.4 Å². The molecule has 0 aliphatic carbocycles. The number of hydrogen-bond acceptors (Lipinski definition) is 3. The van der Waals surface area contributed by atoms with E-state index >= 15 is 0 Å². The highest BCUT2D eigenvalue weighted by molar-refractivity contribution is 7.17. The summed E-state index contributed by atoms with van der Waals surface area (Å²) in [5.74, 6) is 0.644. The predicted molar refractivity (Wildman–Crippen MR) is 143 cm³/mol. The number of thiophene rings is 1. The van der Waals surface area contributed by atoms with Crippen molar-refractivity contribution in [1.82, 2.24) is 9.97 Å². The van der Waals surface area contributed by atoms with Crippen LogP contribution in [-0.2, 0) is 11.8 Å². The van der Waals surface area contributed by atoms with Crippen molar-refractivity contribution in [3.05, 3.63) is 83.5 Å². The van der Waals surface area contributed by atoms with Gasteiger partial charge in [-0.1, -0.05) is 58.9 Å². The van der Waals surface area contributed by atoms with Crippen molar-refractivity contribution in [2.45, 2.75) is 46.5 Å². The van der Waals surface area contributed by atoms with Gasteiger partial charge in [-0.3, -0.25) is 9.97 Å². The molecule has 5 aromatic rings. The van der Waals surface area contributed by atoms with E-state index < -0.39 is 0 Å². The number of nitrogens with zero attached hydrogens (tertiary/aromatic N) is 2. The molecule has 0 spiro atoms. The van der Waals surface area contributed by atoms with E-state index in [-0.39, 0.29) is 5.41 Å². The summed E-state index contributed by atoms with van der Waals surface area (Å²) in [5, 5.41) is 6.14. The van der Waals surface area contributed by atoms with E-state index in [1.165, 1.54) is 32.0 Å². The third kappa shape index (κ3) is 4.30. The van der Waals surface area contributed by atoms with Crippen LogP contribution in [0.3, 0.4) is 0 Å². The number of aromatic nitrogens is 2. The van der Waals surface area contributed by atoms with Crippen LogP contribution in [0.15, 0.2) is 72.4 Å². The number of pyridine rings is 2. The van der Waals surface area contributed by atoms with Gasteiger partial charge in [0.25, 0.3) is 0 Å². The van der Waals surface area contributed by atoms with Crippen molar-refractivity contribution in [3.63, 3.8) is 0 Å². The van der Waals surface area contributed by atoms with E-state index in [1.54, 1.807) is 0 Å². The van der Waals surface area contributed by atoms with Gasteiger partial charge in [0.05, 0.1) is 11.4 Å². The van der Waals surface area contributed by atoms with Crippen molar-refractivity contribution in [2.75, 3.05) is 0 Å². The molecule has 0 amide bonds. The SMILES string of the molecule is CC(C)Cc1csc2cc(-c3ccnc(-c4cc(C(C)(C)C)c5ccccc5c4)c3)ncc12. The molecule has 2 aromatic carbocycles. The first-order valence-corrected chi connectivity index (χ1v) is 12.5. The second-order valence-corrected chi connectivity index (χ2v) is 11.3. The molecule has 0 saturated carbocycles. The molecule has 0 saturated heterocycles. The predicted octanol–water partition coefficient (Wildman–Crippen LogP) is 8.67. The quantitative estimate of drug-likeness (QED) is 0.274. The summed E-state index contributed by atoms with van der Waals surface area (Å²) in [4.78, 5) is 9.58. The van der Waals surface area contributed by atoms with E-state index in [9.17, 15) is 0 Å². The minimum Gasteiger partial charge on any atom is -0.256 e. The van der Waals surface area contributed by atoms with E-state index in [4.69, 9.17) is 9.97 Å². The van der Waals surface area contributed by atoms with Crippen molar-refractivity contribution >= 4 is 32.2 Å². The Labute approximate surface area is 200 Å². The fourth-order valence-electron chi connectivity index (χ4n) is 4.56. The third-order valence-electron chi connectivity index (χ3n) is 6.19. The summed E-state index contributed by atoms with van der Waals surface area (Å²) in [6.45, 7) is 11.4. The molecule has 3 heteroatoms. The molecular weight excluding hydrogens is 420 g/mol. The van der Waals surface area contributed by atoms with Gasteiger partial charge in [-0.15, -0.1) is 11.3 Å². The van der Waals surface area contributed by atoms with Gasteiger partial charge in [0.2, 0.25) is 0 Å². The maximum atomic E-state index is 4.84. The highest BCUT2D eigenvalue weighted by atomic mass is 32.1. The zero-order chi connectivity index (χ0) is 23.2. The second kappa shape index (κ2) is 8.39. The molecule has 0 aliphatic heterocycles. The Hall–Kier alpha value is -3.04. The van der Waals surface area contributed by atoms with Gasteiger partial charge in [-0.2, -0.15) is 0 Å². The molecule has 5 rings (SSSR count). The smallest absolute Gasteiger partial charge is 0.0717 e. The van der Waals surface area contributed by atoms with Crippen LogP contribution in [0, 0.1) is 5.92 Å². The maximum absolute atomic E-state index is 4.84. The molecule has 0 unspecified atom stereocenters. The van der Waals surface area contributed by atoms with Crippen LogP contribution in [0.4, 0.5) is 0 Å². The number of rotatable bonds is 4. The summed E-state index contributed by atoms with van der Waals surface area (Å²) in [7, 11) is 0. The van der Waals surface area contributed by atoms with Crippen molar-refractivity contribution in [3.8, 4) is 22.5 Å². The summed E-state index contributed by atoms with van der Waals surface area (Å²) in [5.41, 5.74) is 7.04. The molecule has 2 nitrogen and oxygen atoms in total. The summed E-state index contributed by atoms with van der Waals surface area (Å²) in [6.07, 6.45) is 5.05. The normalized spacial score (nSPS) is 12.2. The van der Waals surface area contributed by atoms with Gasteiger partial charge in [0.15, 0.2) is 0 Å². The molecule has 33 heavy (non-hydrogen) atoms. The van der Waals surface area contributed by atoms with Crippen LogP contribution < -0.4 is 0 Å². The molecule has 0 fully saturated rings. The van der Waals surface area contributed by atoms with Crippen LogP contribution >= 0.6 is 11.3 Å². The second-order valence-electron chi connectivity index (χ2n) is 10.3. The van der Waals surface area contributed by atoms with E-state index in [1.807, 2.05) is 23.7 Å². The van der Waals surface area contributed by atoms with E-state index in [0.717, 1.165) is 28.9 Å².